The molecule has 0 radical (unpaired) electrons. The van der Waals surface area contributed by atoms with Gasteiger partial charge in [0.1, 0.15) is 18.2 Å². The predicted molar refractivity (Wildman–Crippen MR) is 128 cm³/mol. The number of halogens is 1. The largest absolute Gasteiger partial charge is 0.491 e. The highest BCUT2D eigenvalue weighted by atomic mass is 19.1. The molecule has 178 valence electrons. The summed E-state index contributed by atoms with van der Waals surface area (Å²) in [6, 6.07) is 13.2. The lowest BCUT2D eigenvalue weighted by atomic mass is 10.0. The summed E-state index contributed by atoms with van der Waals surface area (Å²) in [5.41, 5.74) is 0.608. The van der Waals surface area contributed by atoms with E-state index in [1.807, 2.05) is 19.2 Å². The fourth-order valence-electron chi connectivity index (χ4n) is 4.32. The average molecular weight is 455 g/mol. The van der Waals surface area contributed by atoms with E-state index in [0.29, 0.717) is 30.3 Å². The van der Waals surface area contributed by atoms with Crippen LogP contribution in [0.1, 0.15) is 66.7 Å². The Hall–Kier alpha value is -2.89. The van der Waals surface area contributed by atoms with Crippen LogP contribution in [0.5, 0.6) is 5.75 Å². The van der Waals surface area contributed by atoms with Gasteiger partial charge >= 0.3 is 0 Å². The zero-order valence-electron chi connectivity index (χ0n) is 19.9. The predicted octanol–water partition coefficient (Wildman–Crippen LogP) is 5.41. The number of carbonyl (C=O) groups excluding carboxylic acids is 2. The van der Waals surface area contributed by atoms with Crippen LogP contribution in [0.4, 0.5) is 4.39 Å². The summed E-state index contributed by atoms with van der Waals surface area (Å²) in [5.74, 6) is -0.0548. The maximum Gasteiger partial charge on any atom is 0.257 e. The number of ether oxygens (including phenoxy) is 1. The number of fused-ring (bicyclic) bond motifs is 1. The van der Waals surface area contributed by atoms with E-state index < -0.39 is 5.82 Å². The third-order valence-corrected chi connectivity index (χ3v) is 6.09. The number of hydrogen-bond acceptors (Lipinski definition) is 3. The van der Waals surface area contributed by atoms with E-state index >= 15 is 0 Å². The van der Waals surface area contributed by atoms with Crippen LogP contribution in [0.3, 0.4) is 0 Å². The molecule has 2 amide bonds. The van der Waals surface area contributed by atoms with Crippen molar-refractivity contribution in [3.05, 3.63) is 65.5 Å². The van der Waals surface area contributed by atoms with Crippen molar-refractivity contribution in [1.82, 2.24) is 9.80 Å². The molecule has 2 aromatic rings. The minimum absolute atomic E-state index is 0.0673. The van der Waals surface area contributed by atoms with Crippen LogP contribution >= 0.6 is 0 Å². The third kappa shape index (κ3) is 6.56. The molecule has 0 spiro atoms. The summed E-state index contributed by atoms with van der Waals surface area (Å²) in [6.07, 6.45) is 4.34. The molecule has 0 bridgehead atoms. The van der Waals surface area contributed by atoms with Crippen molar-refractivity contribution in [2.45, 2.75) is 52.0 Å². The number of rotatable bonds is 3. The molecule has 1 heterocycles. The highest BCUT2D eigenvalue weighted by Gasteiger charge is 2.28. The fourth-order valence-corrected chi connectivity index (χ4v) is 4.32. The second-order valence-corrected chi connectivity index (χ2v) is 9.21. The van der Waals surface area contributed by atoms with Gasteiger partial charge < -0.3 is 14.5 Å². The minimum Gasteiger partial charge on any atom is -0.491 e. The van der Waals surface area contributed by atoms with Crippen molar-refractivity contribution in [2.24, 2.45) is 5.92 Å². The van der Waals surface area contributed by atoms with Crippen molar-refractivity contribution in [1.29, 1.82) is 0 Å². The van der Waals surface area contributed by atoms with Gasteiger partial charge in [0.05, 0.1) is 17.2 Å². The summed E-state index contributed by atoms with van der Waals surface area (Å²) in [5, 5.41) is 0. The monoisotopic (exact) mass is 454 g/mol. The van der Waals surface area contributed by atoms with Gasteiger partial charge in [0.25, 0.3) is 11.8 Å². The number of para-hydroxylation sites is 1. The Morgan fingerprint density at radius 2 is 1.70 bits per heavy atom. The van der Waals surface area contributed by atoms with Gasteiger partial charge in [-0.15, -0.1) is 0 Å². The van der Waals surface area contributed by atoms with E-state index in [-0.39, 0.29) is 30.0 Å². The molecule has 0 saturated carbocycles. The third-order valence-electron chi connectivity index (χ3n) is 6.09. The highest BCUT2D eigenvalue weighted by molar-refractivity contribution is 5.97. The molecule has 0 fully saturated rings. The van der Waals surface area contributed by atoms with E-state index in [9.17, 15) is 14.0 Å². The smallest absolute Gasteiger partial charge is 0.257 e. The maximum atomic E-state index is 14.5. The summed E-state index contributed by atoms with van der Waals surface area (Å²) >= 11 is 0. The Morgan fingerprint density at radius 3 is 2.42 bits per heavy atom. The fraction of sp³-hybridized carbons (Fsp3) is 0.481. The molecule has 1 aliphatic heterocycles. The molecule has 3 rings (SSSR count). The Morgan fingerprint density at radius 1 is 1.03 bits per heavy atom. The van der Waals surface area contributed by atoms with E-state index in [1.165, 1.54) is 6.07 Å². The number of hydrogen-bond donors (Lipinski definition) is 0. The highest BCUT2D eigenvalue weighted by Crippen LogP contribution is 2.24. The van der Waals surface area contributed by atoms with Gasteiger partial charge in [-0.3, -0.25) is 9.59 Å². The molecular weight excluding hydrogens is 419 g/mol. The molecule has 6 heteroatoms. The topological polar surface area (TPSA) is 49.9 Å². The van der Waals surface area contributed by atoms with Gasteiger partial charge in [-0.25, -0.2) is 4.39 Å². The van der Waals surface area contributed by atoms with Crippen LogP contribution in [-0.2, 0) is 0 Å². The Kier molecular flexibility index (Phi) is 8.87. The molecule has 0 saturated heterocycles. The van der Waals surface area contributed by atoms with E-state index in [2.05, 4.69) is 13.8 Å². The number of amides is 2. The first-order valence-electron chi connectivity index (χ1n) is 11.9. The minimum atomic E-state index is -0.509. The maximum absolute atomic E-state index is 14.5. The van der Waals surface area contributed by atoms with E-state index in [0.717, 1.165) is 32.1 Å². The van der Waals surface area contributed by atoms with Crippen molar-refractivity contribution in [3.63, 3.8) is 0 Å². The van der Waals surface area contributed by atoms with Gasteiger partial charge in [-0.2, -0.15) is 0 Å². The van der Waals surface area contributed by atoms with E-state index in [4.69, 9.17) is 4.74 Å². The lowest BCUT2D eigenvalue weighted by Crippen LogP contribution is -2.45. The van der Waals surface area contributed by atoms with Gasteiger partial charge in [0.15, 0.2) is 0 Å². The van der Waals surface area contributed by atoms with Crippen LogP contribution in [-0.4, -0.2) is 54.4 Å². The normalized spacial score (nSPS) is 18.5. The standard InChI is InChI=1S/C27H35FN2O3/c1-20(2)18-21-19-33-25-15-9-7-13-23(25)26(31)29(3)16-10-4-5-11-17-30(21)27(32)22-12-6-8-14-24(22)28/h6-9,12-15,20-21H,4-5,10-11,16-19H2,1-3H3/t21-/m0/s1. The van der Waals surface area contributed by atoms with Crippen LogP contribution < -0.4 is 4.74 Å². The second kappa shape index (κ2) is 11.8. The number of carbonyl (C=O) groups is 2. The first-order chi connectivity index (χ1) is 15.9. The molecule has 0 N–H and O–H groups in total. The van der Waals surface area contributed by atoms with Crippen LogP contribution in [0.15, 0.2) is 48.5 Å². The number of nitrogens with zero attached hydrogens (tertiary/aromatic N) is 2. The Labute approximate surface area is 196 Å². The second-order valence-electron chi connectivity index (χ2n) is 9.21. The van der Waals surface area contributed by atoms with E-state index in [1.54, 1.807) is 40.1 Å². The molecule has 0 aliphatic carbocycles. The lowest BCUT2D eigenvalue weighted by Gasteiger charge is -2.33. The van der Waals surface area contributed by atoms with Gasteiger partial charge in [0, 0.05) is 20.1 Å². The summed E-state index contributed by atoms with van der Waals surface area (Å²) in [4.78, 5) is 30.0. The van der Waals surface area contributed by atoms with Crippen molar-refractivity contribution < 1.29 is 18.7 Å². The lowest BCUT2D eigenvalue weighted by molar-refractivity contribution is 0.0563. The summed E-state index contributed by atoms with van der Waals surface area (Å²) in [6.45, 7) is 5.66. The van der Waals surface area contributed by atoms with Gasteiger partial charge in [-0.1, -0.05) is 51.0 Å². The number of benzene rings is 2. The molecule has 33 heavy (non-hydrogen) atoms. The molecule has 1 aliphatic rings. The summed E-state index contributed by atoms with van der Waals surface area (Å²) < 4.78 is 20.7. The Balaban J connectivity index is 1.94. The summed E-state index contributed by atoms with van der Waals surface area (Å²) in [7, 11) is 1.82. The molecule has 5 nitrogen and oxygen atoms in total. The zero-order valence-corrected chi connectivity index (χ0v) is 19.9. The quantitative estimate of drug-likeness (QED) is 0.623. The van der Waals surface area contributed by atoms with Crippen molar-refractivity contribution in [3.8, 4) is 5.75 Å². The van der Waals surface area contributed by atoms with Crippen LogP contribution in [0.2, 0.25) is 0 Å². The average Bonchev–Trinajstić information content (AvgIpc) is 2.80. The Bertz CT molecular complexity index is 946. The van der Waals surface area contributed by atoms with Crippen molar-refractivity contribution >= 4 is 11.8 Å². The first-order valence-corrected chi connectivity index (χ1v) is 11.9. The first kappa shape index (κ1) is 24.7. The SMILES string of the molecule is CC(C)C[C@H]1COc2ccccc2C(=O)N(C)CCCCCCN1C(=O)c1ccccc1F. The molecule has 1 atom stereocenters. The van der Waals surface area contributed by atoms with Crippen LogP contribution in [0.25, 0.3) is 0 Å². The van der Waals surface area contributed by atoms with Crippen molar-refractivity contribution in [2.75, 3.05) is 26.7 Å². The molecule has 2 aromatic carbocycles. The molecule has 0 aromatic heterocycles. The zero-order chi connectivity index (χ0) is 23.8. The van der Waals surface area contributed by atoms with Gasteiger partial charge in [-0.05, 0) is 49.4 Å². The molecular formula is C27H35FN2O3. The molecule has 0 unspecified atom stereocenters. The van der Waals surface area contributed by atoms with Gasteiger partial charge in [0.2, 0.25) is 0 Å². The van der Waals surface area contributed by atoms with Crippen LogP contribution in [0, 0.1) is 11.7 Å².